The maximum atomic E-state index is 13.4. The van der Waals surface area contributed by atoms with Gasteiger partial charge in [0, 0.05) is 19.2 Å². The molecule has 1 aliphatic heterocycles. The molecule has 2 aromatic rings. The van der Waals surface area contributed by atoms with Gasteiger partial charge in [-0.25, -0.2) is 0 Å². The maximum absolute atomic E-state index is 13.4. The third-order valence-electron chi connectivity index (χ3n) is 5.95. The SMILES string of the molecule is CNC(=O)c1ccc(/C=C2/OC3CCCCC3N(Cc3cccc(C)c3)C2=O)cc1. The second-order valence-corrected chi connectivity index (χ2v) is 8.14. The smallest absolute Gasteiger partial charge is 0.289 e. The summed E-state index contributed by atoms with van der Waals surface area (Å²) in [5.41, 5.74) is 3.77. The summed E-state index contributed by atoms with van der Waals surface area (Å²) in [6.45, 7) is 2.67. The first-order valence-corrected chi connectivity index (χ1v) is 10.6. The highest BCUT2D eigenvalue weighted by molar-refractivity contribution is 5.97. The lowest BCUT2D eigenvalue weighted by Crippen LogP contribution is -2.54. The van der Waals surface area contributed by atoms with Gasteiger partial charge in [0.1, 0.15) is 6.10 Å². The zero-order valence-electron chi connectivity index (χ0n) is 17.6. The van der Waals surface area contributed by atoms with Gasteiger partial charge in [0.2, 0.25) is 0 Å². The van der Waals surface area contributed by atoms with Gasteiger partial charge >= 0.3 is 0 Å². The Morgan fingerprint density at radius 1 is 1.17 bits per heavy atom. The van der Waals surface area contributed by atoms with Gasteiger partial charge in [0.15, 0.2) is 5.76 Å². The van der Waals surface area contributed by atoms with Crippen LogP contribution in [0.25, 0.3) is 6.08 Å². The average molecular weight is 405 g/mol. The Hall–Kier alpha value is -3.08. The first-order valence-electron chi connectivity index (χ1n) is 10.6. The number of ether oxygens (including phenoxy) is 1. The second-order valence-electron chi connectivity index (χ2n) is 8.14. The molecule has 2 aliphatic rings. The minimum absolute atomic E-state index is 0.0395. The number of benzene rings is 2. The van der Waals surface area contributed by atoms with Crippen molar-refractivity contribution in [3.63, 3.8) is 0 Å². The van der Waals surface area contributed by atoms with Gasteiger partial charge in [-0.1, -0.05) is 48.4 Å². The van der Waals surface area contributed by atoms with Crippen molar-refractivity contribution in [1.29, 1.82) is 0 Å². The molecule has 2 amide bonds. The van der Waals surface area contributed by atoms with E-state index in [-0.39, 0.29) is 24.0 Å². The molecule has 5 heteroatoms. The number of fused-ring (bicyclic) bond motifs is 1. The lowest BCUT2D eigenvalue weighted by molar-refractivity contribution is -0.149. The van der Waals surface area contributed by atoms with Crippen LogP contribution in [0.5, 0.6) is 0 Å². The van der Waals surface area contributed by atoms with Crippen molar-refractivity contribution < 1.29 is 14.3 Å². The van der Waals surface area contributed by atoms with Crippen LogP contribution in [0.15, 0.2) is 54.3 Å². The summed E-state index contributed by atoms with van der Waals surface area (Å²) in [6.07, 6.45) is 6.04. The predicted molar refractivity (Wildman–Crippen MR) is 117 cm³/mol. The summed E-state index contributed by atoms with van der Waals surface area (Å²) in [5.74, 6) is 0.196. The fourth-order valence-electron chi connectivity index (χ4n) is 4.40. The van der Waals surface area contributed by atoms with Gasteiger partial charge in [-0.2, -0.15) is 0 Å². The molecule has 2 atom stereocenters. The molecule has 0 bridgehead atoms. The Morgan fingerprint density at radius 3 is 2.67 bits per heavy atom. The van der Waals surface area contributed by atoms with Crippen LogP contribution in [-0.2, 0) is 16.1 Å². The van der Waals surface area contributed by atoms with Gasteiger partial charge < -0.3 is 15.0 Å². The number of nitrogens with one attached hydrogen (secondary N) is 1. The molecule has 2 fully saturated rings. The summed E-state index contributed by atoms with van der Waals surface area (Å²) in [7, 11) is 1.61. The number of hydrogen-bond donors (Lipinski definition) is 1. The van der Waals surface area contributed by atoms with Gasteiger partial charge in [0.05, 0.1) is 6.04 Å². The highest BCUT2D eigenvalue weighted by Gasteiger charge is 2.41. The van der Waals surface area contributed by atoms with Gasteiger partial charge in [-0.3, -0.25) is 9.59 Å². The van der Waals surface area contributed by atoms with Crippen molar-refractivity contribution in [3.8, 4) is 0 Å². The molecule has 1 saturated carbocycles. The largest absolute Gasteiger partial charge is 0.482 e. The van der Waals surface area contributed by atoms with Crippen molar-refractivity contribution in [3.05, 3.63) is 76.5 Å². The minimum Gasteiger partial charge on any atom is -0.482 e. The zero-order chi connectivity index (χ0) is 21.1. The predicted octanol–water partition coefficient (Wildman–Crippen LogP) is 4.07. The van der Waals surface area contributed by atoms with Gasteiger partial charge in [-0.05, 0) is 55.5 Å². The Labute approximate surface area is 177 Å². The van der Waals surface area contributed by atoms with E-state index in [2.05, 4.69) is 30.4 Å². The van der Waals surface area contributed by atoms with E-state index in [4.69, 9.17) is 4.74 Å². The number of nitrogens with zero attached hydrogens (tertiary/aromatic N) is 1. The van der Waals surface area contributed by atoms with Gasteiger partial charge in [0.25, 0.3) is 11.8 Å². The fraction of sp³-hybridized carbons (Fsp3) is 0.360. The number of amides is 2. The lowest BCUT2D eigenvalue weighted by Gasteiger charge is -2.44. The molecule has 0 radical (unpaired) electrons. The number of aryl methyl sites for hydroxylation is 1. The summed E-state index contributed by atoms with van der Waals surface area (Å²) < 4.78 is 6.19. The number of morpholine rings is 1. The van der Waals surface area contributed by atoms with Crippen LogP contribution in [0.1, 0.15) is 52.7 Å². The minimum atomic E-state index is -0.131. The molecule has 30 heavy (non-hydrogen) atoms. The van der Waals surface area contributed by atoms with Crippen molar-refractivity contribution in [1.82, 2.24) is 10.2 Å². The number of rotatable bonds is 4. The van der Waals surface area contributed by atoms with Crippen molar-refractivity contribution in [2.24, 2.45) is 0 Å². The van der Waals surface area contributed by atoms with Crippen LogP contribution >= 0.6 is 0 Å². The van der Waals surface area contributed by atoms with E-state index >= 15 is 0 Å². The molecule has 5 nitrogen and oxygen atoms in total. The van der Waals surface area contributed by atoms with Crippen LogP contribution in [-0.4, -0.2) is 35.9 Å². The lowest BCUT2D eigenvalue weighted by atomic mass is 9.89. The van der Waals surface area contributed by atoms with Crippen molar-refractivity contribution in [2.45, 2.75) is 51.3 Å². The topological polar surface area (TPSA) is 58.6 Å². The zero-order valence-corrected chi connectivity index (χ0v) is 17.6. The van der Waals surface area contributed by atoms with E-state index in [0.717, 1.165) is 36.8 Å². The Bertz CT molecular complexity index is 965. The van der Waals surface area contributed by atoms with E-state index in [9.17, 15) is 9.59 Å². The summed E-state index contributed by atoms with van der Waals surface area (Å²) in [4.78, 5) is 27.1. The van der Waals surface area contributed by atoms with E-state index in [1.807, 2.05) is 23.1 Å². The number of carbonyl (C=O) groups is 2. The molecule has 4 rings (SSSR count). The third kappa shape index (κ3) is 4.25. The van der Waals surface area contributed by atoms with Crippen LogP contribution in [0, 0.1) is 6.92 Å². The molecular weight excluding hydrogens is 376 g/mol. The van der Waals surface area contributed by atoms with E-state index in [0.29, 0.717) is 17.9 Å². The molecular formula is C25H28N2O3. The van der Waals surface area contributed by atoms with E-state index in [1.165, 1.54) is 5.56 Å². The van der Waals surface area contributed by atoms with Crippen molar-refractivity contribution >= 4 is 17.9 Å². The highest BCUT2D eigenvalue weighted by Crippen LogP contribution is 2.34. The molecule has 1 aliphatic carbocycles. The first-order chi connectivity index (χ1) is 14.5. The molecule has 2 unspecified atom stereocenters. The van der Waals surface area contributed by atoms with Crippen LogP contribution in [0.3, 0.4) is 0 Å². The van der Waals surface area contributed by atoms with Gasteiger partial charge in [-0.15, -0.1) is 0 Å². The second kappa shape index (κ2) is 8.74. The highest BCUT2D eigenvalue weighted by atomic mass is 16.5. The monoisotopic (exact) mass is 404 g/mol. The molecule has 0 spiro atoms. The van der Waals surface area contributed by atoms with Crippen LogP contribution in [0.2, 0.25) is 0 Å². The Balaban J connectivity index is 1.61. The normalized spacial score (nSPS) is 22.4. The average Bonchev–Trinajstić information content (AvgIpc) is 2.76. The number of hydrogen-bond acceptors (Lipinski definition) is 3. The molecule has 0 aromatic heterocycles. The number of carbonyl (C=O) groups excluding carboxylic acids is 2. The summed E-state index contributed by atoms with van der Waals surface area (Å²) in [6, 6.07) is 15.6. The standard InChI is InChI=1S/C25H28N2O3/c1-17-6-5-7-19(14-17)16-27-21-8-3-4-9-22(21)30-23(25(27)29)15-18-10-12-20(13-11-18)24(28)26-2/h5-7,10-15,21-22H,3-4,8-9,16H2,1-2H3,(H,26,28)/b23-15+. The molecule has 156 valence electrons. The third-order valence-corrected chi connectivity index (χ3v) is 5.95. The first kappa shape index (κ1) is 20.2. The van der Waals surface area contributed by atoms with Crippen LogP contribution in [0.4, 0.5) is 0 Å². The Morgan fingerprint density at radius 2 is 1.93 bits per heavy atom. The fourth-order valence-corrected chi connectivity index (χ4v) is 4.40. The Kier molecular flexibility index (Phi) is 5.88. The molecule has 1 heterocycles. The van der Waals surface area contributed by atoms with Crippen LogP contribution < -0.4 is 5.32 Å². The molecule has 1 saturated heterocycles. The van der Waals surface area contributed by atoms with E-state index < -0.39 is 0 Å². The summed E-state index contributed by atoms with van der Waals surface area (Å²) in [5, 5.41) is 2.61. The quantitative estimate of drug-likeness (QED) is 0.782. The van der Waals surface area contributed by atoms with Crippen molar-refractivity contribution in [2.75, 3.05) is 7.05 Å². The molecule has 2 aromatic carbocycles. The summed E-state index contributed by atoms with van der Waals surface area (Å²) >= 11 is 0. The molecule has 1 N–H and O–H groups in total. The van der Waals surface area contributed by atoms with E-state index in [1.54, 1.807) is 25.3 Å². The maximum Gasteiger partial charge on any atom is 0.289 e.